The third-order valence-electron chi connectivity index (χ3n) is 10.1. The van der Waals surface area contributed by atoms with Crippen molar-refractivity contribution in [2.45, 2.75) is 101 Å². The molecular formula is C44H79N7O28. The molecular weight excluding hydrogens is 1070 g/mol. The molecule has 6 atom stereocenters. The standard InChI is InChI=1S/C12H24N2O8.C11H22N2O8.C11H13NO4.C10H20N2O8/c15-11(16)7-10(12(17)18)14-5-2-1-4-13-9(8-22-20)3-6-21-19;14-10(15)6-9(11(16)17)13-4-1-3-12-8(7-21-19)2-5-20-18;13-10(14)7-12(8-11(15)16)6-9-4-2-1-3-5-9;13-9(14)5-8(10(15)16)12-3-2-11-7(6-20-18)1-4-19-17/h9-10,13-14,19-20H,1-8H2,(H,15,16)(H,17,18);8-9,12-13,18-19H,1-7H2,(H,14,15)(H,16,17);1-5H,6-8H2,(H,13,14)(H,15,16);7-8,11-12,17-18H,1-6H2,(H,13,14)(H,15,16). The van der Waals surface area contributed by atoms with Crippen LogP contribution in [0.5, 0.6) is 0 Å². The van der Waals surface area contributed by atoms with E-state index in [0.717, 1.165) is 5.56 Å². The van der Waals surface area contributed by atoms with Gasteiger partial charge in [0.15, 0.2) is 0 Å². The van der Waals surface area contributed by atoms with E-state index in [1.165, 1.54) is 4.90 Å². The van der Waals surface area contributed by atoms with Gasteiger partial charge in [-0.15, -0.1) is 0 Å². The van der Waals surface area contributed by atoms with Gasteiger partial charge in [0, 0.05) is 37.8 Å². The molecule has 1 aromatic rings. The van der Waals surface area contributed by atoms with Gasteiger partial charge in [0.2, 0.25) is 0 Å². The third-order valence-corrected chi connectivity index (χ3v) is 10.1. The van der Waals surface area contributed by atoms with E-state index in [0.29, 0.717) is 77.8 Å². The number of carboxylic acid groups (broad SMARTS) is 8. The Bertz CT molecular complexity index is 1750. The third kappa shape index (κ3) is 51.4. The highest BCUT2D eigenvalue weighted by Gasteiger charge is 2.22. The smallest absolute Gasteiger partial charge is 0.321 e. The molecule has 0 radical (unpaired) electrons. The molecule has 20 N–H and O–H groups in total. The number of rotatable bonds is 48. The minimum absolute atomic E-state index is 0.0214. The van der Waals surface area contributed by atoms with Crippen LogP contribution in [0.1, 0.15) is 63.4 Å². The topological polar surface area (TPSA) is 551 Å². The summed E-state index contributed by atoms with van der Waals surface area (Å²) >= 11 is 0. The van der Waals surface area contributed by atoms with Gasteiger partial charge in [0.05, 0.1) is 72.0 Å². The maximum Gasteiger partial charge on any atom is 0.321 e. The summed E-state index contributed by atoms with van der Waals surface area (Å²) in [6.07, 6.45) is 1.68. The number of hydrogen-bond acceptors (Lipinski definition) is 27. The molecule has 0 spiro atoms. The van der Waals surface area contributed by atoms with E-state index in [-0.39, 0.29) is 77.4 Å². The molecule has 0 bridgehead atoms. The second-order valence-corrected chi connectivity index (χ2v) is 16.5. The van der Waals surface area contributed by atoms with E-state index in [1.54, 1.807) is 0 Å². The first-order valence-corrected chi connectivity index (χ1v) is 24.1. The van der Waals surface area contributed by atoms with Gasteiger partial charge in [0.25, 0.3) is 0 Å². The van der Waals surface area contributed by atoms with Crippen molar-refractivity contribution in [3.8, 4) is 0 Å². The van der Waals surface area contributed by atoms with Crippen LogP contribution in [0.3, 0.4) is 0 Å². The fraction of sp³-hybridized carbons (Fsp3) is 0.682. The van der Waals surface area contributed by atoms with Crippen LogP contribution < -0.4 is 31.9 Å². The zero-order valence-electron chi connectivity index (χ0n) is 43.2. The maximum absolute atomic E-state index is 10.8. The number of hydrogen-bond donors (Lipinski definition) is 20. The molecule has 79 heavy (non-hydrogen) atoms. The van der Waals surface area contributed by atoms with Crippen molar-refractivity contribution < 1.29 is 140 Å². The quantitative estimate of drug-likeness (QED) is 0.0197. The summed E-state index contributed by atoms with van der Waals surface area (Å²) in [6.45, 7) is 2.38. The van der Waals surface area contributed by atoms with Gasteiger partial charge in [-0.2, -0.15) is 0 Å². The average molecular weight is 1150 g/mol. The van der Waals surface area contributed by atoms with E-state index in [2.05, 4.69) is 61.2 Å². The monoisotopic (exact) mass is 1150 g/mol. The lowest BCUT2D eigenvalue weighted by atomic mass is 10.2. The van der Waals surface area contributed by atoms with Crippen LogP contribution in [-0.4, -0.2) is 253 Å². The number of benzene rings is 1. The van der Waals surface area contributed by atoms with Crippen LogP contribution in [0.25, 0.3) is 0 Å². The van der Waals surface area contributed by atoms with Crippen molar-refractivity contribution in [2.24, 2.45) is 0 Å². The van der Waals surface area contributed by atoms with Crippen LogP contribution in [0, 0.1) is 0 Å². The number of aliphatic carboxylic acids is 8. The molecule has 1 aromatic carbocycles. The van der Waals surface area contributed by atoms with E-state index in [4.69, 9.17) is 72.4 Å². The Kier molecular flexibility index (Phi) is 51.9. The summed E-state index contributed by atoms with van der Waals surface area (Å²) < 4.78 is 0. The minimum Gasteiger partial charge on any atom is -0.481 e. The lowest BCUT2D eigenvalue weighted by Gasteiger charge is -2.17. The number of nitrogens with one attached hydrogen (secondary N) is 6. The van der Waals surface area contributed by atoms with Gasteiger partial charge < -0.3 is 72.8 Å². The second-order valence-electron chi connectivity index (χ2n) is 16.5. The van der Waals surface area contributed by atoms with Gasteiger partial charge in [-0.1, -0.05) is 30.3 Å². The van der Waals surface area contributed by atoms with Gasteiger partial charge >= 0.3 is 47.8 Å². The van der Waals surface area contributed by atoms with E-state index in [9.17, 15) is 38.4 Å². The highest BCUT2D eigenvalue weighted by Crippen LogP contribution is 2.04. The summed E-state index contributed by atoms with van der Waals surface area (Å²) in [7, 11) is 0. The normalized spacial score (nSPS) is 13.1. The lowest BCUT2D eigenvalue weighted by Crippen LogP contribution is -2.44. The summed E-state index contributed by atoms with van der Waals surface area (Å²) in [5.41, 5.74) is 0.894. The Morgan fingerprint density at radius 2 is 0.696 bits per heavy atom. The first-order chi connectivity index (χ1) is 37.6. The Balaban J connectivity index is -0.000000980. The zero-order valence-corrected chi connectivity index (χ0v) is 43.2. The SMILES string of the molecule is O=C(O)CC(NCCCCNC(CCOO)COO)C(=O)O.O=C(O)CC(NCCCNC(CCOO)COO)C(=O)O.O=C(O)CC(NCCNC(CCOO)COO)C(=O)O.O=C(O)CN(CC(=O)O)Cc1ccccc1. The molecule has 6 unspecified atom stereocenters. The van der Waals surface area contributed by atoms with Crippen molar-refractivity contribution in [1.29, 1.82) is 0 Å². The van der Waals surface area contributed by atoms with Gasteiger partial charge in [-0.05, 0) is 70.3 Å². The van der Waals surface area contributed by atoms with E-state index >= 15 is 0 Å². The Morgan fingerprint density at radius 1 is 0.392 bits per heavy atom. The minimum atomic E-state index is -1.24. The molecule has 0 saturated heterocycles. The Hall–Kier alpha value is -5.78. The Morgan fingerprint density at radius 3 is 1.01 bits per heavy atom. The summed E-state index contributed by atoms with van der Waals surface area (Å²) in [5, 5.41) is 136. The molecule has 35 heteroatoms. The van der Waals surface area contributed by atoms with Crippen molar-refractivity contribution in [3.63, 3.8) is 0 Å². The lowest BCUT2D eigenvalue weighted by molar-refractivity contribution is -0.257. The molecule has 0 heterocycles. The van der Waals surface area contributed by atoms with Crippen molar-refractivity contribution in [3.05, 3.63) is 35.9 Å². The average Bonchev–Trinajstić information content (AvgIpc) is 3.37. The maximum atomic E-state index is 10.8. The van der Waals surface area contributed by atoms with Gasteiger partial charge in [-0.3, -0.25) is 74.8 Å². The fourth-order valence-electron chi connectivity index (χ4n) is 6.27. The predicted molar refractivity (Wildman–Crippen MR) is 267 cm³/mol. The molecule has 458 valence electrons. The Labute approximate surface area is 452 Å². The molecule has 0 aromatic heterocycles. The molecule has 35 nitrogen and oxygen atoms in total. The number of nitrogens with zero attached hydrogens (tertiary/aromatic N) is 1. The number of carbonyl (C=O) groups is 8. The van der Waals surface area contributed by atoms with Crippen LogP contribution >= 0.6 is 0 Å². The fourth-order valence-corrected chi connectivity index (χ4v) is 6.27. The predicted octanol–water partition coefficient (Wildman–Crippen LogP) is -1.68. The van der Waals surface area contributed by atoms with Crippen molar-refractivity contribution in [1.82, 2.24) is 36.8 Å². The summed E-state index contributed by atoms with van der Waals surface area (Å²) in [4.78, 5) is 110. The molecule has 0 aliphatic heterocycles. The molecule has 0 aliphatic rings. The van der Waals surface area contributed by atoms with Crippen LogP contribution in [0.2, 0.25) is 0 Å². The van der Waals surface area contributed by atoms with E-state index < -0.39 is 85.1 Å². The summed E-state index contributed by atoms with van der Waals surface area (Å²) in [5.74, 6) is -9.26. The molecule has 0 saturated carbocycles. The number of carboxylic acids is 8. The zero-order chi connectivity index (χ0) is 60.2. The van der Waals surface area contributed by atoms with Crippen LogP contribution in [0.4, 0.5) is 0 Å². The molecule has 0 fully saturated rings. The molecule has 0 aliphatic carbocycles. The van der Waals surface area contributed by atoms with E-state index in [1.807, 2.05) is 30.3 Å². The number of unbranched alkanes of at least 4 members (excludes halogenated alkanes) is 1. The van der Waals surface area contributed by atoms with Crippen molar-refractivity contribution >= 4 is 47.8 Å². The van der Waals surface area contributed by atoms with Gasteiger partial charge in [0.1, 0.15) is 18.1 Å². The largest absolute Gasteiger partial charge is 0.481 e. The van der Waals surface area contributed by atoms with Crippen molar-refractivity contribution in [2.75, 3.05) is 92.0 Å². The van der Waals surface area contributed by atoms with Crippen LogP contribution in [-0.2, 0) is 74.2 Å². The van der Waals surface area contributed by atoms with Crippen LogP contribution in [0.15, 0.2) is 30.3 Å². The first kappa shape index (κ1) is 77.5. The molecule has 0 amide bonds. The van der Waals surface area contributed by atoms with Gasteiger partial charge in [-0.25, -0.2) is 29.3 Å². The second kappa shape index (κ2) is 52.9. The summed E-state index contributed by atoms with van der Waals surface area (Å²) in [6, 6.07) is 5.09. The first-order valence-electron chi connectivity index (χ1n) is 24.1. The highest BCUT2D eigenvalue weighted by molar-refractivity contribution is 5.81. The highest BCUT2D eigenvalue weighted by atomic mass is 17.1. The molecule has 1 rings (SSSR count).